The van der Waals surface area contributed by atoms with Gasteiger partial charge in [-0.2, -0.15) is 0 Å². The molecule has 0 atom stereocenters. The number of aromatic carboxylic acids is 1. The number of rotatable bonds is 3. The highest BCUT2D eigenvalue weighted by Crippen LogP contribution is 2.47. The van der Waals surface area contributed by atoms with Gasteiger partial charge in [-0.25, -0.2) is 4.79 Å². The molecular formula is C20H12ClNO4S. The largest absolute Gasteiger partial charge is 0.506 e. The van der Waals surface area contributed by atoms with Gasteiger partial charge in [-0.3, -0.25) is 4.79 Å². The molecule has 4 aromatic rings. The number of hydrogen-bond donors (Lipinski definition) is 3. The summed E-state index contributed by atoms with van der Waals surface area (Å²) >= 11 is 7.48. The second-order valence-corrected chi connectivity index (χ2v) is 7.47. The highest BCUT2D eigenvalue weighted by Gasteiger charge is 2.24. The van der Waals surface area contributed by atoms with E-state index in [1.54, 1.807) is 42.5 Å². The number of thiophene rings is 1. The van der Waals surface area contributed by atoms with Gasteiger partial charge in [0.05, 0.1) is 16.5 Å². The number of pyridine rings is 1. The maximum Gasteiger partial charge on any atom is 0.336 e. The van der Waals surface area contributed by atoms with Crippen LogP contribution in [0.2, 0.25) is 4.34 Å². The summed E-state index contributed by atoms with van der Waals surface area (Å²) in [4.78, 5) is 27.3. The van der Waals surface area contributed by atoms with Crippen molar-refractivity contribution in [1.29, 1.82) is 0 Å². The third-order valence-electron chi connectivity index (χ3n) is 4.28. The fourth-order valence-electron chi connectivity index (χ4n) is 3.12. The van der Waals surface area contributed by atoms with Gasteiger partial charge in [0.15, 0.2) is 0 Å². The number of aromatic amines is 1. The molecule has 0 radical (unpaired) electrons. The summed E-state index contributed by atoms with van der Waals surface area (Å²) in [6.45, 7) is 0. The molecule has 0 fully saturated rings. The molecule has 3 N–H and O–H groups in total. The molecule has 0 bridgehead atoms. The smallest absolute Gasteiger partial charge is 0.336 e. The Morgan fingerprint density at radius 2 is 1.67 bits per heavy atom. The van der Waals surface area contributed by atoms with Crippen LogP contribution in [0.4, 0.5) is 0 Å². The lowest BCUT2D eigenvalue weighted by Crippen LogP contribution is -2.08. The molecule has 0 aliphatic heterocycles. The Labute approximate surface area is 162 Å². The summed E-state index contributed by atoms with van der Waals surface area (Å²) in [5.74, 6) is -1.33. The second-order valence-electron chi connectivity index (χ2n) is 5.85. The Kier molecular flexibility index (Phi) is 4.22. The standard InChI is InChI=1S/C20H12ClNO4S/c21-17-14(11-8-4-5-9-12(11)20(25)26)15-16(23)13(10-6-2-1-3-7-10)18(24)22-19(15)27-17/h1-9H,(H,25,26)(H2,22,23,24). The second kappa shape index (κ2) is 6.57. The normalized spacial score (nSPS) is 11.0. The zero-order valence-corrected chi connectivity index (χ0v) is 15.3. The van der Waals surface area contributed by atoms with Gasteiger partial charge in [0.2, 0.25) is 0 Å². The van der Waals surface area contributed by atoms with Crippen molar-refractivity contribution in [3.63, 3.8) is 0 Å². The van der Waals surface area contributed by atoms with Crippen molar-refractivity contribution < 1.29 is 15.0 Å². The van der Waals surface area contributed by atoms with Crippen molar-refractivity contribution in [1.82, 2.24) is 4.98 Å². The van der Waals surface area contributed by atoms with Crippen molar-refractivity contribution in [3.05, 3.63) is 74.9 Å². The molecule has 7 heteroatoms. The van der Waals surface area contributed by atoms with Gasteiger partial charge >= 0.3 is 5.97 Å². The average molecular weight is 398 g/mol. The minimum Gasteiger partial charge on any atom is -0.506 e. The molecule has 0 saturated carbocycles. The first-order chi connectivity index (χ1) is 13.0. The molecule has 134 valence electrons. The van der Waals surface area contributed by atoms with Crippen molar-refractivity contribution >= 4 is 39.1 Å². The molecule has 27 heavy (non-hydrogen) atoms. The van der Waals surface area contributed by atoms with E-state index in [2.05, 4.69) is 4.98 Å². The van der Waals surface area contributed by atoms with E-state index in [4.69, 9.17) is 11.6 Å². The van der Waals surface area contributed by atoms with Crippen molar-refractivity contribution in [2.75, 3.05) is 0 Å². The Morgan fingerprint density at radius 1 is 1.00 bits per heavy atom. The predicted molar refractivity (Wildman–Crippen MR) is 107 cm³/mol. The average Bonchev–Trinajstić information content (AvgIpc) is 2.98. The molecule has 2 aromatic carbocycles. The van der Waals surface area contributed by atoms with Gasteiger partial charge in [0, 0.05) is 5.56 Å². The molecule has 5 nitrogen and oxygen atoms in total. The zero-order valence-electron chi connectivity index (χ0n) is 13.7. The third kappa shape index (κ3) is 2.79. The maximum atomic E-state index is 12.5. The fourth-order valence-corrected chi connectivity index (χ4v) is 4.48. The number of halogens is 1. The van der Waals surface area contributed by atoms with Crippen LogP contribution in [0.5, 0.6) is 5.75 Å². The third-order valence-corrected chi connectivity index (χ3v) is 5.60. The quantitative estimate of drug-likeness (QED) is 0.454. The maximum absolute atomic E-state index is 12.5. The van der Waals surface area contributed by atoms with Gasteiger partial charge in [-0.1, -0.05) is 60.1 Å². The molecule has 0 amide bonds. The zero-order chi connectivity index (χ0) is 19.1. The minimum absolute atomic E-state index is 0.0611. The monoisotopic (exact) mass is 397 g/mol. The van der Waals surface area contributed by atoms with Gasteiger partial charge in [-0.15, -0.1) is 11.3 Å². The number of benzene rings is 2. The SMILES string of the molecule is O=C(O)c1ccccc1-c1c(Cl)sc2[nH]c(=O)c(-c3ccccc3)c(O)c12. The molecule has 2 heterocycles. The Bertz CT molecular complexity index is 1240. The van der Waals surface area contributed by atoms with Crippen LogP contribution >= 0.6 is 22.9 Å². The van der Waals surface area contributed by atoms with Crippen LogP contribution in [0.1, 0.15) is 10.4 Å². The van der Waals surface area contributed by atoms with Crippen LogP contribution in [0, 0.1) is 0 Å². The summed E-state index contributed by atoms with van der Waals surface area (Å²) < 4.78 is 0.287. The van der Waals surface area contributed by atoms with E-state index < -0.39 is 11.5 Å². The molecule has 0 saturated heterocycles. The number of aromatic nitrogens is 1. The lowest BCUT2D eigenvalue weighted by atomic mass is 9.97. The summed E-state index contributed by atoms with van der Waals surface area (Å²) in [6.07, 6.45) is 0. The first-order valence-electron chi connectivity index (χ1n) is 7.94. The van der Waals surface area contributed by atoms with Crippen LogP contribution in [-0.4, -0.2) is 21.2 Å². The number of H-pyrrole nitrogens is 1. The molecule has 2 aromatic heterocycles. The number of hydrogen-bond acceptors (Lipinski definition) is 4. The molecule has 0 aliphatic rings. The van der Waals surface area contributed by atoms with E-state index in [0.29, 0.717) is 26.9 Å². The number of fused-ring (bicyclic) bond motifs is 1. The summed E-state index contributed by atoms with van der Waals surface area (Å²) in [5.41, 5.74) is 1.06. The van der Waals surface area contributed by atoms with Gasteiger partial charge in [-0.05, 0) is 17.2 Å². The lowest BCUT2D eigenvalue weighted by molar-refractivity contribution is 0.0697. The summed E-state index contributed by atoms with van der Waals surface area (Å²) in [7, 11) is 0. The number of carboxylic acid groups (broad SMARTS) is 1. The van der Waals surface area contributed by atoms with Crippen LogP contribution in [0.3, 0.4) is 0 Å². The number of carboxylic acids is 1. The van der Waals surface area contributed by atoms with E-state index in [-0.39, 0.29) is 21.2 Å². The lowest BCUT2D eigenvalue weighted by Gasteiger charge is -2.09. The fraction of sp³-hybridized carbons (Fsp3) is 0. The van der Waals surface area contributed by atoms with E-state index >= 15 is 0 Å². The topological polar surface area (TPSA) is 90.4 Å². The molecule has 0 unspecified atom stereocenters. The predicted octanol–water partition coefficient (Wildman–Crippen LogP) is 4.98. The van der Waals surface area contributed by atoms with Crippen LogP contribution in [0.15, 0.2) is 59.4 Å². The number of carbonyl (C=O) groups is 1. The van der Waals surface area contributed by atoms with Gasteiger partial charge in [0.1, 0.15) is 14.9 Å². The van der Waals surface area contributed by atoms with E-state index in [1.807, 2.05) is 6.07 Å². The molecule has 4 rings (SSSR count). The van der Waals surface area contributed by atoms with Crippen LogP contribution < -0.4 is 5.56 Å². The Hall–Kier alpha value is -3.09. The number of nitrogens with one attached hydrogen (secondary N) is 1. The Morgan fingerprint density at radius 3 is 2.37 bits per heavy atom. The highest BCUT2D eigenvalue weighted by atomic mass is 35.5. The van der Waals surface area contributed by atoms with E-state index in [0.717, 1.165) is 11.3 Å². The molecule has 0 aliphatic carbocycles. The molecular weight excluding hydrogens is 386 g/mol. The van der Waals surface area contributed by atoms with E-state index in [9.17, 15) is 19.8 Å². The molecule has 0 spiro atoms. The van der Waals surface area contributed by atoms with Crippen molar-refractivity contribution in [3.8, 4) is 28.0 Å². The Balaban J connectivity index is 2.12. The highest BCUT2D eigenvalue weighted by molar-refractivity contribution is 7.23. The van der Waals surface area contributed by atoms with Crippen molar-refractivity contribution in [2.45, 2.75) is 0 Å². The van der Waals surface area contributed by atoms with Crippen LogP contribution in [0.25, 0.3) is 32.5 Å². The van der Waals surface area contributed by atoms with Gasteiger partial charge in [0.25, 0.3) is 5.56 Å². The first-order valence-corrected chi connectivity index (χ1v) is 9.14. The van der Waals surface area contributed by atoms with E-state index in [1.165, 1.54) is 6.07 Å². The summed E-state index contributed by atoms with van der Waals surface area (Å²) in [6, 6.07) is 15.2. The van der Waals surface area contributed by atoms with Crippen LogP contribution in [-0.2, 0) is 0 Å². The van der Waals surface area contributed by atoms with Crippen molar-refractivity contribution in [2.24, 2.45) is 0 Å². The minimum atomic E-state index is -1.10. The first kappa shape index (κ1) is 17.3. The number of aromatic hydroxyl groups is 1. The van der Waals surface area contributed by atoms with Gasteiger partial charge < -0.3 is 15.2 Å². The summed E-state index contributed by atoms with van der Waals surface area (Å²) in [5, 5.41) is 20.8.